The zero-order valence-corrected chi connectivity index (χ0v) is 15.5. The number of nitrogens with zero attached hydrogens (tertiary/aromatic N) is 3. The van der Waals surface area contributed by atoms with Crippen LogP contribution < -0.4 is 5.32 Å². The van der Waals surface area contributed by atoms with Crippen LogP contribution >= 0.6 is 0 Å². The summed E-state index contributed by atoms with van der Waals surface area (Å²) in [6.07, 6.45) is 1.68. The number of aliphatic hydroxyl groups is 1. The number of aliphatic hydroxyl groups excluding tert-OH is 1. The van der Waals surface area contributed by atoms with E-state index in [0.29, 0.717) is 16.6 Å². The minimum Gasteiger partial charge on any atom is -0.394 e. The number of aryl methyl sites for hydroxylation is 1. The first-order chi connectivity index (χ1) is 12.4. The van der Waals surface area contributed by atoms with Crippen LogP contribution in [0.3, 0.4) is 0 Å². The standard InChI is InChI=1S/C20H24N4O2/c1-12(2)24-19-17(10-21-24)16(20(26)22-14(4)11-25)9-18(23-19)15-8-6-5-7-13(15)3/h5-10,12,14,25H,11H2,1-4H3,(H,22,26). The second kappa shape index (κ2) is 7.25. The molecule has 0 aliphatic carbocycles. The van der Waals surface area contributed by atoms with E-state index < -0.39 is 0 Å². The van der Waals surface area contributed by atoms with Gasteiger partial charge in [0.05, 0.1) is 29.4 Å². The number of aromatic nitrogens is 3. The number of carbonyl (C=O) groups is 1. The molecule has 2 N–H and O–H groups in total. The summed E-state index contributed by atoms with van der Waals surface area (Å²) in [5, 5.41) is 17.2. The van der Waals surface area contributed by atoms with E-state index in [1.807, 2.05) is 49.7 Å². The van der Waals surface area contributed by atoms with Crippen LogP contribution in [-0.4, -0.2) is 38.4 Å². The van der Waals surface area contributed by atoms with Gasteiger partial charge in [-0.3, -0.25) is 4.79 Å². The van der Waals surface area contributed by atoms with E-state index in [-0.39, 0.29) is 24.6 Å². The van der Waals surface area contributed by atoms with E-state index in [1.165, 1.54) is 0 Å². The maximum Gasteiger partial charge on any atom is 0.252 e. The van der Waals surface area contributed by atoms with Gasteiger partial charge in [-0.1, -0.05) is 24.3 Å². The number of rotatable bonds is 5. The van der Waals surface area contributed by atoms with Crippen LogP contribution in [0.5, 0.6) is 0 Å². The molecule has 0 radical (unpaired) electrons. The van der Waals surface area contributed by atoms with Crippen molar-refractivity contribution in [3.63, 3.8) is 0 Å². The predicted octanol–water partition coefficient (Wildman–Crippen LogP) is 3.10. The van der Waals surface area contributed by atoms with Crippen molar-refractivity contribution in [2.24, 2.45) is 0 Å². The van der Waals surface area contributed by atoms with E-state index in [9.17, 15) is 9.90 Å². The molecule has 1 aromatic carbocycles. The lowest BCUT2D eigenvalue weighted by Crippen LogP contribution is -2.35. The molecule has 0 bridgehead atoms. The van der Waals surface area contributed by atoms with Crippen molar-refractivity contribution in [2.75, 3.05) is 6.61 Å². The average Bonchev–Trinajstić information content (AvgIpc) is 3.05. The van der Waals surface area contributed by atoms with E-state index in [4.69, 9.17) is 4.98 Å². The molecule has 3 aromatic rings. The Morgan fingerprint density at radius 2 is 2.00 bits per heavy atom. The van der Waals surface area contributed by atoms with Gasteiger partial charge in [0, 0.05) is 17.6 Å². The van der Waals surface area contributed by atoms with Crippen LogP contribution in [0.2, 0.25) is 0 Å². The largest absolute Gasteiger partial charge is 0.394 e. The van der Waals surface area contributed by atoms with E-state index >= 15 is 0 Å². The van der Waals surface area contributed by atoms with Gasteiger partial charge in [0.2, 0.25) is 0 Å². The molecule has 2 aromatic heterocycles. The molecule has 1 unspecified atom stereocenters. The number of pyridine rings is 1. The Hall–Kier alpha value is -2.73. The molecule has 26 heavy (non-hydrogen) atoms. The highest BCUT2D eigenvalue weighted by Gasteiger charge is 2.19. The maximum atomic E-state index is 12.8. The Morgan fingerprint density at radius 1 is 1.27 bits per heavy atom. The lowest BCUT2D eigenvalue weighted by molar-refractivity contribution is 0.0924. The highest BCUT2D eigenvalue weighted by Crippen LogP contribution is 2.28. The summed E-state index contributed by atoms with van der Waals surface area (Å²) < 4.78 is 1.82. The van der Waals surface area contributed by atoms with Crippen molar-refractivity contribution in [3.8, 4) is 11.3 Å². The minimum atomic E-state index is -0.326. The number of carbonyl (C=O) groups excluding carboxylic acids is 1. The molecule has 136 valence electrons. The maximum absolute atomic E-state index is 12.8. The van der Waals surface area contributed by atoms with Gasteiger partial charge in [-0.05, 0) is 39.3 Å². The molecule has 2 heterocycles. The summed E-state index contributed by atoms with van der Waals surface area (Å²) in [5.74, 6) is -0.239. The molecule has 0 aliphatic rings. The molecule has 1 atom stereocenters. The number of fused-ring (bicyclic) bond motifs is 1. The van der Waals surface area contributed by atoms with Gasteiger partial charge in [0.25, 0.3) is 5.91 Å². The predicted molar refractivity (Wildman–Crippen MR) is 102 cm³/mol. The molecule has 0 aliphatic heterocycles. The number of nitrogens with one attached hydrogen (secondary N) is 1. The molecule has 3 rings (SSSR count). The third-order valence-electron chi connectivity index (χ3n) is 4.37. The van der Waals surface area contributed by atoms with Gasteiger partial charge in [0.15, 0.2) is 5.65 Å². The zero-order chi connectivity index (χ0) is 18.8. The first kappa shape index (κ1) is 18.1. The lowest BCUT2D eigenvalue weighted by atomic mass is 10.0. The molecule has 0 fully saturated rings. The highest BCUT2D eigenvalue weighted by atomic mass is 16.3. The fourth-order valence-corrected chi connectivity index (χ4v) is 2.93. The Morgan fingerprint density at radius 3 is 2.65 bits per heavy atom. The second-order valence-corrected chi connectivity index (χ2v) is 6.85. The Bertz CT molecular complexity index is 946. The SMILES string of the molecule is Cc1ccccc1-c1cc(C(=O)NC(C)CO)c2cnn(C(C)C)c2n1. The van der Waals surface area contributed by atoms with Gasteiger partial charge >= 0.3 is 0 Å². The smallest absolute Gasteiger partial charge is 0.252 e. The molecule has 1 amide bonds. The number of hydrogen-bond acceptors (Lipinski definition) is 4. The summed E-state index contributed by atoms with van der Waals surface area (Å²) >= 11 is 0. The monoisotopic (exact) mass is 352 g/mol. The number of benzene rings is 1. The normalized spacial score (nSPS) is 12.5. The topological polar surface area (TPSA) is 80.0 Å². The van der Waals surface area contributed by atoms with Crippen LogP contribution in [0.25, 0.3) is 22.3 Å². The van der Waals surface area contributed by atoms with Crippen molar-refractivity contribution in [1.29, 1.82) is 0 Å². The van der Waals surface area contributed by atoms with Crippen molar-refractivity contribution in [2.45, 2.75) is 39.8 Å². The summed E-state index contributed by atoms with van der Waals surface area (Å²) in [6, 6.07) is 9.56. The van der Waals surface area contributed by atoms with Crippen molar-refractivity contribution in [3.05, 3.63) is 47.7 Å². The molecular weight excluding hydrogens is 328 g/mol. The third-order valence-corrected chi connectivity index (χ3v) is 4.37. The average molecular weight is 352 g/mol. The number of amides is 1. The summed E-state index contributed by atoms with van der Waals surface area (Å²) in [4.78, 5) is 17.6. The van der Waals surface area contributed by atoms with Gasteiger partial charge in [-0.2, -0.15) is 5.10 Å². The fourth-order valence-electron chi connectivity index (χ4n) is 2.93. The summed E-state index contributed by atoms with van der Waals surface area (Å²) in [5.41, 5.74) is 4.00. The Kier molecular flexibility index (Phi) is 5.04. The van der Waals surface area contributed by atoms with Crippen LogP contribution in [0.4, 0.5) is 0 Å². The summed E-state index contributed by atoms with van der Waals surface area (Å²) in [7, 11) is 0. The zero-order valence-electron chi connectivity index (χ0n) is 15.5. The van der Waals surface area contributed by atoms with Gasteiger partial charge < -0.3 is 10.4 Å². The summed E-state index contributed by atoms with van der Waals surface area (Å²) in [6.45, 7) is 7.73. The number of hydrogen-bond donors (Lipinski definition) is 2. The minimum absolute atomic E-state index is 0.115. The van der Waals surface area contributed by atoms with Gasteiger partial charge in [-0.25, -0.2) is 9.67 Å². The van der Waals surface area contributed by atoms with Crippen molar-refractivity contribution in [1.82, 2.24) is 20.1 Å². The first-order valence-corrected chi connectivity index (χ1v) is 8.78. The van der Waals surface area contributed by atoms with Crippen LogP contribution in [0.1, 0.15) is 42.7 Å². The Labute approximate surface area is 152 Å². The molecule has 0 spiro atoms. The van der Waals surface area contributed by atoms with Gasteiger partial charge in [-0.15, -0.1) is 0 Å². The fraction of sp³-hybridized carbons (Fsp3) is 0.350. The van der Waals surface area contributed by atoms with Crippen LogP contribution in [0.15, 0.2) is 36.5 Å². The molecule has 0 saturated heterocycles. The first-order valence-electron chi connectivity index (χ1n) is 8.78. The van der Waals surface area contributed by atoms with Crippen molar-refractivity contribution < 1.29 is 9.90 Å². The van der Waals surface area contributed by atoms with Crippen LogP contribution in [-0.2, 0) is 0 Å². The van der Waals surface area contributed by atoms with Gasteiger partial charge in [0.1, 0.15) is 0 Å². The third kappa shape index (κ3) is 3.32. The quantitative estimate of drug-likeness (QED) is 0.739. The molecular formula is C20H24N4O2. The van der Waals surface area contributed by atoms with E-state index in [1.54, 1.807) is 19.2 Å². The second-order valence-electron chi connectivity index (χ2n) is 6.85. The van der Waals surface area contributed by atoms with E-state index in [0.717, 1.165) is 16.8 Å². The highest BCUT2D eigenvalue weighted by molar-refractivity contribution is 6.06. The van der Waals surface area contributed by atoms with Crippen molar-refractivity contribution >= 4 is 16.9 Å². The molecule has 0 saturated carbocycles. The molecule has 6 heteroatoms. The lowest BCUT2D eigenvalue weighted by Gasteiger charge is -2.14. The van der Waals surface area contributed by atoms with Crippen LogP contribution in [0, 0.1) is 6.92 Å². The molecule has 6 nitrogen and oxygen atoms in total. The van der Waals surface area contributed by atoms with E-state index in [2.05, 4.69) is 10.4 Å². The Balaban J connectivity index is 2.22.